The van der Waals surface area contributed by atoms with Crippen LogP contribution in [-0.2, 0) is 6.61 Å². The van der Waals surface area contributed by atoms with Gasteiger partial charge < -0.3 is 9.47 Å². The van der Waals surface area contributed by atoms with Gasteiger partial charge in [-0.2, -0.15) is 5.10 Å². The molecule has 0 saturated heterocycles. The zero-order valence-electron chi connectivity index (χ0n) is 19.0. The van der Waals surface area contributed by atoms with Crippen molar-refractivity contribution in [3.63, 3.8) is 0 Å². The fourth-order valence-electron chi connectivity index (χ4n) is 3.18. The van der Waals surface area contributed by atoms with Gasteiger partial charge in [0.05, 0.1) is 12.8 Å². The molecule has 0 bridgehead atoms. The molecule has 0 unspecified atom stereocenters. The predicted molar refractivity (Wildman–Crippen MR) is 132 cm³/mol. The van der Waals surface area contributed by atoms with Gasteiger partial charge in [-0.15, -0.1) is 10.2 Å². The number of ether oxygens (including phenoxy) is 2. The fraction of sp³-hybridized carbons (Fsp3) is 0.154. The summed E-state index contributed by atoms with van der Waals surface area (Å²) in [6, 6.07) is 22.9. The molecule has 0 spiro atoms. The third-order valence-electron chi connectivity index (χ3n) is 4.91. The smallest absolute Gasteiger partial charge is 0.279 e. The Morgan fingerprint density at radius 3 is 2.50 bits per heavy atom. The van der Waals surface area contributed by atoms with Crippen molar-refractivity contribution in [2.24, 2.45) is 5.10 Å². The van der Waals surface area contributed by atoms with Crippen molar-refractivity contribution < 1.29 is 9.47 Å². The number of anilines is 1. The van der Waals surface area contributed by atoms with E-state index in [-0.39, 0.29) is 17.2 Å². The monoisotopic (exact) mass is 455 g/mol. The molecule has 8 nitrogen and oxygen atoms in total. The molecule has 4 rings (SSSR count). The summed E-state index contributed by atoms with van der Waals surface area (Å²) in [6.45, 7) is 4.92. The molecule has 0 saturated carbocycles. The van der Waals surface area contributed by atoms with E-state index < -0.39 is 0 Å². The quantitative estimate of drug-likeness (QED) is 0.283. The number of aromatic amines is 1. The Kier molecular flexibility index (Phi) is 7.29. The van der Waals surface area contributed by atoms with Crippen LogP contribution in [0.25, 0.3) is 11.3 Å². The van der Waals surface area contributed by atoms with Gasteiger partial charge in [0, 0.05) is 5.56 Å². The van der Waals surface area contributed by atoms with Gasteiger partial charge >= 0.3 is 0 Å². The first kappa shape index (κ1) is 22.7. The average molecular weight is 456 g/mol. The SMILES string of the molecule is CCOc1cc(/C=N/Nc2nnc(-c3ccccc3)c(=O)[nH]2)ccc1OCc1ccc(C)cc1. The third kappa shape index (κ3) is 5.86. The minimum atomic E-state index is -0.354. The molecule has 172 valence electrons. The van der Waals surface area contributed by atoms with E-state index in [1.54, 1.807) is 18.3 Å². The maximum absolute atomic E-state index is 12.3. The normalized spacial score (nSPS) is 10.9. The first-order chi connectivity index (χ1) is 16.6. The largest absolute Gasteiger partial charge is 0.490 e. The summed E-state index contributed by atoms with van der Waals surface area (Å²) in [5.41, 5.74) is 6.36. The second-order valence-electron chi connectivity index (χ2n) is 7.50. The van der Waals surface area contributed by atoms with Crippen LogP contribution in [0.2, 0.25) is 0 Å². The Morgan fingerprint density at radius 2 is 1.76 bits per heavy atom. The highest BCUT2D eigenvalue weighted by atomic mass is 16.5. The summed E-state index contributed by atoms with van der Waals surface area (Å²) in [4.78, 5) is 15.0. The standard InChI is InChI=1S/C26H25N5O3/c1-3-33-23-15-20(13-14-22(23)34-17-19-11-9-18(2)10-12-19)16-27-30-26-28-25(32)24(29-31-26)21-7-5-4-6-8-21/h4-16H,3,17H2,1-2H3,(H2,28,30,31,32)/b27-16+. The molecule has 0 radical (unpaired) electrons. The first-order valence-electron chi connectivity index (χ1n) is 10.9. The van der Waals surface area contributed by atoms with E-state index in [1.165, 1.54) is 5.56 Å². The summed E-state index contributed by atoms with van der Waals surface area (Å²) in [6.07, 6.45) is 1.59. The van der Waals surface area contributed by atoms with E-state index in [9.17, 15) is 4.79 Å². The molecule has 0 aliphatic carbocycles. The number of hydrogen-bond acceptors (Lipinski definition) is 7. The Labute approximate surface area is 197 Å². The molecule has 1 aromatic heterocycles. The Bertz CT molecular complexity index is 1320. The molecule has 0 aliphatic rings. The van der Waals surface area contributed by atoms with Gasteiger partial charge in [0.1, 0.15) is 6.61 Å². The number of hydrogen-bond donors (Lipinski definition) is 2. The van der Waals surface area contributed by atoms with Crippen molar-refractivity contribution in [3.8, 4) is 22.8 Å². The number of benzene rings is 3. The molecule has 0 amide bonds. The topological polar surface area (TPSA) is 101 Å². The van der Waals surface area contributed by atoms with Crippen LogP contribution in [0.1, 0.15) is 23.6 Å². The zero-order chi connectivity index (χ0) is 23.8. The summed E-state index contributed by atoms with van der Waals surface area (Å²) in [5.74, 6) is 1.42. The molecule has 0 fully saturated rings. The third-order valence-corrected chi connectivity index (χ3v) is 4.91. The van der Waals surface area contributed by atoms with Gasteiger partial charge in [-0.3, -0.25) is 9.78 Å². The molecule has 1 heterocycles. The number of nitrogens with one attached hydrogen (secondary N) is 2. The molecule has 0 aliphatic heterocycles. The van der Waals surface area contributed by atoms with E-state index >= 15 is 0 Å². The van der Waals surface area contributed by atoms with E-state index in [0.29, 0.717) is 30.3 Å². The summed E-state index contributed by atoms with van der Waals surface area (Å²) >= 11 is 0. The molecule has 3 aromatic carbocycles. The van der Waals surface area contributed by atoms with Gasteiger partial charge in [-0.25, -0.2) is 5.43 Å². The summed E-state index contributed by atoms with van der Waals surface area (Å²) < 4.78 is 11.7. The van der Waals surface area contributed by atoms with Crippen molar-refractivity contribution in [1.82, 2.24) is 15.2 Å². The molecule has 2 N–H and O–H groups in total. The van der Waals surface area contributed by atoms with Gasteiger partial charge in [0.2, 0.25) is 5.95 Å². The van der Waals surface area contributed by atoms with Crippen LogP contribution >= 0.6 is 0 Å². The molecule has 34 heavy (non-hydrogen) atoms. The van der Waals surface area contributed by atoms with Crippen molar-refractivity contribution in [3.05, 3.63) is 99.8 Å². The Hall–Kier alpha value is -4.46. The lowest BCUT2D eigenvalue weighted by Crippen LogP contribution is -2.15. The van der Waals surface area contributed by atoms with Crippen molar-refractivity contribution in [2.45, 2.75) is 20.5 Å². The predicted octanol–water partition coefficient (Wildman–Crippen LogP) is 4.56. The highest BCUT2D eigenvalue weighted by Crippen LogP contribution is 2.29. The van der Waals surface area contributed by atoms with E-state index in [4.69, 9.17) is 9.47 Å². The van der Waals surface area contributed by atoms with Crippen LogP contribution in [0, 0.1) is 6.92 Å². The number of nitrogens with zero attached hydrogens (tertiary/aromatic N) is 3. The average Bonchev–Trinajstić information content (AvgIpc) is 2.85. The molecule has 0 atom stereocenters. The van der Waals surface area contributed by atoms with Crippen LogP contribution in [-0.4, -0.2) is 28.0 Å². The number of aromatic nitrogens is 3. The zero-order valence-corrected chi connectivity index (χ0v) is 19.0. The van der Waals surface area contributed by atoms with Crippen LogP contribution in [0.5, 0.6) is 11.5 Å². The second kappa shape index (κ2) is 10.9. The molecular weight excluding hydrogens is 430 g/mol. The summed E-state index contributed by atoms with van der Waals surface area (Å²) in [5, 5.41) is 12.1. The lowest BCUT2D eigenvalue weighted by Gasteiger charge is -2.12. The molecule has 4 aromatic rings. The Balaban J connectivity index is 1.42. The van der Waals surface area contributed by atoms with Crippen molar-refractivity contribution >= 4 is 12.2 Å². The number of aryl methyl sites for hydroxylation is 1. The molecule has 8 heteroatoms. The lowest BCUT2D eigenvalue weighted by molar-refractivity contribution is 0.269. The van der Waals surface area contributed by atoms with Gasteiger partial charge in [-0.05, 0) is 43.2 Å². The van der Waals surface area contributed by atoms with Crippen LogP contribution < -0.4 is 20.5 Å². The minimum absolute atomic E-state index is 0.143. The van der Waals surface area contributed by atoms with Gasteiger partial charge in [0.15, 0.2) is 17.2 Å². The van der Waals surface area contributed by atoms with Crippen molar-refractivity contribution in [2.75, 3.05) is 12.0 Å². The number of hydrazone groups is 1. The lowest BCUT2D eigenvalue weighted by atomic mass is 10.2. The van der Waals surface area contributed by atoms with E-state index in [0.717, 1.165) is 11.1 Å². The highest BCUT2D eigenvalue weighted by molar-refractivity contribution is 5.81. The van der Waals surface area contributed by atoms with Crippen LogP contribution in [0.15, 0.2) is 82.7 Å². The van der Waals surface area contributed by atoms with Gasteiger partial charge in [0.25, 0.3) is 5.56 Å². The number of H-pyrrole nitrogens is 1. The van der Waals surface area contributed by atoms with Crippen molar-refractivity contribution in [1.29, 1.82) is 0 Å². The van der Waals surface area contributed by atoms with E-state index in [2.05, 4.69) is 44.8 Å². The van der Waals surface area contributed by atoms with E-state index in [1.807, 2.05) is 55.5 Å². The summed E-state index contributed by atoms with van der Waals surface area (Å²) in [7, 11) is 0. The second-order valence-corrected chi connectivity index (χ2v) is 7.50. The Morgan fingerprint density at radius 1 is 0.971 bits per heavy atom. The first-order valence-corrected chi connectivity index (χ1v) is 10.9. The van der Waals surface area contributed by atoms with Crippen LogP contribution in [0.4, 0.5) is 5.95 Å². The highest BCUT2D eigenvalue weighted by Gasteiger charge is 2.08. The maximum Gasteiger partial charge on any atom is 0.279 e. The number of rotatable bonds is 9. The maximum atomic E-state index is 12.3. The van der Waals surface area contributed by atoms with Gasteiger partial charge in [-0.1, -0.05) is 60.2 Å². The van der Waals surface area contributed by atoms with Crippen LogP contribution in [0.3, 0.4) is 0 Å². The minimum Gasteiger partial charge on any atom is -0.490 e. The fourth-order valence-corrected chi connectivity index (χ4v) is 3.18. The molecular formula is C26H25N5O3.